The molecule has 0 saturated heterocycles. The van der Waals surface area contributed by atoms with Gasteiger partial charge in [-0.15, -0.1) is 11.3 Å². The van der Waals surface area contributed by atoms with E-state index in [1.165, 1.54) is 23.5 Å². The molecule has 7 N–H and O–H groups in total. The van der Waals surface area contributed by atoms with Crippen LogP contribution in [0.3, 0.4) is 0 Å². The van der Waals surface area contributed by atoms with Gasteiger partial charge in [0.15, 0.2) is 0 Å². The summed E-state index contributed by atoms with van der Waals surface area (Å²) in [4.78, 5) is 82.1. The highest BCUT2D eigenvalue weighted by atomic mass is 35.5. The molecule has 0 fully saturated rings. The van der Waals surface area contributed by atoms with Crippen LogP contribution < -0.4 is 26.6 Å². The lowest BCUT2D eigenvalue weighted by Crippen LogP contribution is -2.59. The summed E-state index contributed by atoms with van der Waals surface area (Å²) in [7, 11) is 0. The summed E-state index contributed by atoms with van der Waals surface area (Å²) in [5.74, 6) is -5.32. The number of nitrogens with one attached hydrogen (secondary N) is 5. The minimum absolute atomic E-state index is 0.0259. The average Bonchev–Trinajstić information content (AvgIpc) is 3.74. The zero-order valence-corrected chi connectivity index (χ0v) is 33.2. The highest BCUT2D eigenvalue weighted by Gasteiger charge is 2.33. The first kappa shape index (κ1) is 42.3. The number of rotatable bonds is 8. The van der Waals surface area contributed by atoms with Crippen LogP contribution in [-0.2, 0) is 54.5 Å². The molecule has 5 aromatic rings. The zero-order chi connectivity index (χ0) is 41.9. The summed E-state index contributed by atoms with van der Waals surface area (Å²) in [6, 6.07) is 28.1. The fraction of sp³-hybridized carbons (Fsp3) is 0.227. The SMILES string of the molecule is O=C1CC(O)C(=O)Nc2ccc(cc2)CC(C(=O)O)NC(=O)C(Cc2ccccc2Cl)NC(=O)C(Cc2ccc(-c3ccccc3)cc2)NC(=O)C(Cc2cccs2)N1. The standard InChI is InChI=1S/C44H42ClN5O8S/c45-33-11-5-4-9-30(33)23-35-41(54)50-37(44(57)58)22-27-14-18-31(19-15-27)46-43(56)38(51)25-39(52)47-36(24-32-10-6-20-59-32)42(55)48-34(40(53)49-35)21-26-12-16-29(17-13-26)28-7-2-1-3-8-28/h1-20,34-38,51H,21-25H2,(H,46,56)(H,47,52)(H,48,55)(H,49,53)(H,50,54)(H,57,58). The van der Waals surface area contributed by atoms with Crippen molar-refractivity contribution in [3.05, 3.63) is 147 Å². The first-order valence-electron chi connectivity index (χ1n) is 18.8. The second-order valence-corrected chi connectivity index (χ2v) is 15.5. The van der Waals surface area contributed by atoms with E-state index in [4.69, 9.17) is 11.6 Å². The lowest BCUT2D eigenvalue weighted by molar-refractivity contribution is -0.142. The van der Waals surface area contributed by atoms with Crippen molar-refractivity contribution in [1.29, 1.82) is 0 Å². The van der Waals surface area contributed by atoms with E-state index in [0.717, 1.165) is 16.0 Å². The van der Waals surface area contributed by atoms with Crippen LogP contribution in [0.5, 0.6) is 0 Å². The molecule has 0 radical (unpaired) electrons. The van der Waals surface area contributed by atoms with Crippen molar-refractivity contribution >= 4 is 64.1 Å². The summed E-state index contributed by atoms with van der Waals surface area (Å²) in [5.41, 5.74) is 3.81. The van der Waals surface area contributed by atoms with Gasteiger partial charge in [-0.3, -0.25) is 24.0 Å². The lowest BCUT2D eigenvalue weighted by atomic mass is 9.99. The Morgan fingerprint density at radius 2 is 1.24 bits per heavy atom. The van der Waals surface area contributed by atoms with Crippen LogP contribution >= 0.6 is 22.9 Å². The third-order valence-corrected chi connectivity index (χ3v) is 11.0. The molecule has 2 bridgehead atoms. The van der Waals surface area contributed by atoms with Crippen molar-refractivity contribution in [2.24, 2.45) is 0 Å². The minimum Gasteiger partial charge on any atom is -0.480 e. The van der Waals surface area contributed by atoms with Gasteiger partial charge in [-0.05, 0) is 57.5 Å². The smallest absolute Gasteiger partial charge is 0.326 e. The number of aliphatic carboxylic acids is 1. The molecular weight excluding hydrogens is 794 g/mol. The summed E-state index contributed by atoms with van der Waals surface area (Å²) in [5, 5.41) is 36.2. The molecule has 59 heavy (non-hydrogen) atoms. The van der Waals surface area contributed by atoms with E-state index < -0.39 is 72.2 Å². The van der Waals surface area contributed by atoms with E-state index in [9.17, 15) is 39.0 Å². The minimum atomic E-state index is -1.78. The average molecular weight is 836 g/mol. The Bertz CT molecular complexity index is 2270. The Morgan fingerprint density at radius 3 is 1.88 bits per heavy atom. The highest BCUT2D eigenvalue weighted by Crippen LogP contribution is 2.21. The molecule has 2 aliphatic heterocycles. The van der Waals surface area contributed by atoms with Crippen molar-refractivity contribution in [3.8, 4) is 11.1 Å². The number of thiophene rings is 1. The molecule has 7 rings (SSSR count). The van der Waals surface area contributed by atoms with Gasteiger partial charge < -0.3 is 36.8 Å². The summed E-state index contributed by atoms with van der Waals surface area (Å²) in [6.45, 7) is 0. The van der Waals surface area contributed by atoms with E-state index in [0.29, 0.717) is 21.7 Å². The molecule has 5 atom stereocenters. The number of hydrogen-bond donors (Lipinski definition) is 7. The Morgan fingerprint density at radius 1 is 0.627 bits per heavy atom. The Hall–Kier alpha value is -6.35. The number of aliphatic hydroxyl groups excluding tert-OH is 1. The highest BCUT2D eigenvalue weighted by molar-refractivity contribution is 7.09. The molecule has 304 valence electrons. The topological polar surface area (TPSA) is 203 Å². The fourth-order valence-corrected chi connectivity index (χ4v) is 7.53. The number of carbonyl (C=O) groups is 6. The maximum absolute atomic E-state index is 14.4. The predicted molar refractivity (Wildman–Crippen MR) is 224 cm³/mol. The summed E-state index contributed by atoms with van der Waals surface area (Å²) in [6.07, 6.45) is -2.75. The first-order chi connectivity index (χ1) is 28.4. The Kier molecular flexibility index (Phi) is 14.2. The number of hydrogen-bond acceptors (Lipinski definition) is 8. The normalized spacial score (nSPS) is 20.9. The zero-order valence-electron chi connectivity index (χ0n) is 31.6. The number of carbonyl (C=O) groups excluding carboxylic acids is 5. The van der Waals surface area contributed by atoms with E-state index in [2.05, 4.69) is 26.6 Å². The Labute approximate surface area is 349 Å². The maximum Gasteiger partial charge on any atom is 0.326 e. The van der Waals surface area contributed by atoms with Gasteiger partial charge in [-0.25, -0.2) is 4.79 Å². The van der Waals surface area contributed by atoms with Gasteiger partial charge in [-0.2, -0.15) is 0 Å². The lowest BCUT2D eigenvalue weighted by Gasteiger charge is -2.26. The monoisotopic (exact) mass is 835 g/mol. The molecule has 15 heteroatoms. The molecule has 5 unspecified atom stereocenters. The van der Waals surface area contributed by atoms with Gasteiger partial charge in [0.1, 0.15) is 30.3 Å². The number of aliphatic hydroxyl groups is 1. The van der Waals surface area contributed by atoms with Crippen LogP contribution in [0.2, 0.25) is 5.02 Å². The second kappa shape index (κ2) is 19.9. The number of carboxylic acid groups (broad SMARTS) is 1. The summed E-state index contributed by atoms with van der Waals surface area (Å²) < 4.78 is 0. The molecule has 5 amide bonds. The molecule has 2 aliphatic rings. The van der Waals surface area contributed by atoms with Crippen LogP contribution in [0.15, 0.2) is 121 Å². The largest absolute Gasteiger partial charge is 0.480 e. The van der Waals surface area contributed by atoms with Crippen LogP contribution in [0.25, 0.3) is 11.1 Å². The van der Waals surface area contributed by atoms with Crippen LogP contribution in [0.4, 0.5) is 5.69 Å². The van der Waals surface area contributed by atoms with Gasteiger partial charge in [-0.1, -0.05) is 103 Å². The maximum atomic E-state index is 14.4. The molecule has 13 nitrogen and oxygen atoms in total. The van der Waals surface area contributed by atoms with E-state index in [1.807, 2.05) is 54.6 Å². The first-order valence-corrected chi connectivity index (χ1v) is 20.1. The van der Waals surface area contributed by atoms with Crippen LogP contribution in [0, 0.1) is 0 Å². The van der Waals surface area contributed by atoms with E-state index in [-0.39, 0.29) is 31.4 Å². The van der Waals surface area contributed by atoms with Crippen molar-refractivity contribution in [1.82, 2.24) is 21.3 Å². The number of halogens is 1. The fourth-order valence-electron chi connectivity index (χ4n) is 6.57. The van der Waals surface area contributed by atoms with E-state index in [1.54, 1.807) is 53.9 Å². The number of carboxylic acids is 1. The number of benzene rings is 4. The number of amides is 5. The van der Waals surface area contributed by atoms with E-state index >= 15 is 0 Å². The molecule has 0 aliphatic carbocycles. The molecule has 0 saturated carbocycles. The third-order valence-electron chi connectivity index (χ3n) is 9.74. The molecule has 4 aromatic carbocycles. The third kappa shape index (κ3) is 11.9. The van der Waals surface area contributed by atoms with Gasteiger partial charge in [0.05, 0.1) is 6.42 Å². The quantitative estimate of drug-likeness (QED) is 0.113. The van der Waals surface area contributed by atoms with Crippen molar-refractivity contribution in [3.63, 3.8) is 0 Å². The molecule has 0 spiro atoms. The number of fused-ring (bicyclic) bond motifs is 18. The molecule has 1 aromatic heterocycles. The Balaban J connectivity index is 1.36. The molecular formula is C44H42ClN5O8S. The predicted octanol–water partition coefficient (Wildman–Crippen LogP) is 4.07. The van der Waals surface area contributed by atoms with Gasteiger partial charge in [0.25, 0.3) is 5.91 Å². The van der Waals surface area contributed by atoms with Gasteiger partial charge in [0.2, 0.25) is 23.6 Å². The van der Waals surface area contributed by atoms with Gasteiger partial charge in [0, 0.05) is 41.3 Å². The second-order valence-electron chi connectivity index (χ2n) is 14.1. The van der Waals surface area contributed by atoms with Gasteiger partial charge >= 0.3 is 5.97 Å². The van der Waals surface area contributed by atoms with Crippen molar-refractivity contribution in [2.75, 3.05) is 5.32 Å². The van der Waals surface area contributed by atoms with Crippen molar-refractivity contribution in [2.45, 2.75) is 62.4 Å². The molecule has 3 heterocycles. The van der Waals surface area contributed by atoms with Crippen molar-refractivity contribution < 1.29 is 39.0 Å². The summed E-state index contributed by atoms with van der Waals surface area (Å²) >= 11 is 7.84. The van der Waals surface area contributed by atoms with Crippen LogP contribution in [-0.4, -0.2) is 76.0 Å². The number of anilines is 1. The van der Waals surface area contributed by atoms with Crippen LogP contribution in [0.1, 0.15) is 28.0 Å².